The monoisotopic (exact) mass is 136 g/mol. The van der Waals surface area contributed by atoms with Gasteiger partial charge in [0.15, 0.2) is 5.78 Å². The molecule has 1 nitrogen and oxygen atoms in total. The van der Waals surface area contributed by atoms with Crippen molar-refractivity contribution in [2.24, 2.45) is 0 Å². The predicted octanol–water partition coefficient (Wildman–Crippen LogP) is 2.24. The molecule has 1 aliphatic rings. The molecule has 10 heavy (non-hydrogen) atoms. The van der Waals surface area contributed by atoms with Crippen LogP contribution in [-0.2, 0) is 4.79 Å². The molecule has 0 atom stereocenters. The SMILES string of the molecule is CCC1=CCCC=CC1=O. The number of rotatable bonds is 1. The van der Waals surface area contributed by atoms with Crippen molar-refractivity contribution in [3.8, 4) is 0 Å². The van der Waals surface area contributed by atoms with Crippen LogP contribution in [-0.4, -0.2) is 5.78 Å². The Morgan fingerprint density at radius 1 is 1.50 bits per heavy atom. The van der Waals surface area contributed by atoms with Crippen molar-refractivity contribution >= 4 is 5.78 Å². The van der Waals surface area contributed by atoms with E-state index >= 15 is 0 Å². The van der Waals surface area contributed by atoms with Gasteiger partial charge in [-0.05, 0) is 30.9 Å². The Bertz CT molecular complexity index is 187. The fourth-order valence-electron chi connectivity index (χ4n) is 1.07. The van der Waals surface area contributed by atoms with Crippen molar-refractivity contribution in [3.05, 3.63) is 23.8 Å². The Kier molecular flexibility index (Phi) is 2.43. The summed E-state index contributed by atoms with van der Waals surface area (Å²) >= 11 is 0. The highest BCUT2D eigenvalue weighted by Crippen LogP contribution is 2.10. The van der Waals surface area contributed by atoms with Crippen LogP contribution in [0.5, 0.6) is 0 Å². The Morgan fingerprint density at radius 2 is 2.30 bits per heavy atom. The number of hydrogen-bond donors (Lipinski definition) is 0. The van der Waals surface area contributed by atoms with Crippen LogP contribution in [0.4, 0.5) is 0 Å². The van der Waals surface area contributed by atoms with Crippen LogP contribution >= 0.6 is 0 Å². The molecule has 54 valence electrons. The van der Waals surface area contributed by atoms with Gasteiger partial charge in [-0.2, -0.15) is 0 Å². The second-order valence-electron chi connectivity index (χ2n) is 2.43. The summed E-state index contributed by atoms with van der Waals surface area (Å²) in [5, 5.41) is 0. The third kappa shape index (κ3) is 1.56. The molecule has 0 fully saturated rings. The average molecular weight is 136 g/mol. The van der Waals surface area contributed by atoms with Gasteiger partial charge in [0.1, 0.15) is 0 Å². The second kappa shape index (κ2) is 3.35. The molecule has 0 spiro atoms. The van der Waals surface area contributed by atoms with Crippen LogP contribution in [0.15, 0.2) is 23.8 Å². The van der Waals surface area contributed by atoms with E-state index in [4.69, 9.17) is 0 Å². The van der Waals surface area contributed by atoms with Crippen molar-refractivity contribution in [3.63, 3.8) is 0 Å². The van der Waals surface area contributed by atoms with Crippen LogP contribution in [0.1, 0.15) is 26.2 Å². The first kappa shape index (κ1) is 7.26. The molecule has 1 aliphatic carbocycles. The molecule has 0 radical (unpaired) electrons. The van der Waals surface area contributed by atoms with E-state index in [1.165, 1.54) is 0 Å². The van der Waals surface area contributed by atoms with Gasteiger partial charge in [0.05, 0.1) is 0 Å². The van der Waals surface area contributed by atoms with Gasteiger partial charge in [0.25, 0.3) is 0 Å². The zero-order chi connectivity index (χ0) is 7.40. The van der Waals surface area contributed by atoms with Crippen LogP contribution in [0, 0.1) is 0 Å². The van der Waals surface area contributed by atoms with Crippen LogP contribution < -0.4 is 0 Å². The maximum atomic E-state index is 11.1. The Labute approximate surface area is 61.4 Å². The van der Waals surface area contributed by atoms with E-state index < -0.39 is 0 Å². The fourth-order valence-corrected chi connectivity index (χ4v) is 1.07. The lowest BCUT2D eigenvalue weighted by molar-refractivity contribution is -0.111. The molecular weight excluding hydrogens is 124 g/mol. The predicted molar refractivity (Wildman–Crippen MR) is 41.8 cm³/mol. The van der Waals surface area contributed by atoms with E-state index in [2.05, 4.69) is 0 Å². The van der Waals surface area contributed by atoms with Gasteiger partial charge in [0, 0.05) is 0 Å². The molecule has 0 aromatic heterocycles. The molecule has 0 aromatic carbocycles. The normalized spacial score (nSPS) is 18.5. The number of hydrogen-bond acceptors (Lipinski definition) is 1. The quantitative estimate of drug-likeness (QED) is 0.540. The first-order chi connectivity index (χ1) is 4.84. The summed E-state index contributed by atoms with van der Waals surface area (Å²) in [5.74, 6) is 0.194. The van der Waals surface area contributed by atoms with Crippen molar-refractivity contribution in [1.82, 2.24) is 0 Å². The smallest absolute Gasteiger partial charge is 0.181 e. The highest BCUT2D eigenvalue weighted by atomic mass is 16.1. The zero-order valence-corrected chi connectivity index (χ0v) is 6.26. The van der Waals surface area contributed by atoms with Gasteiger partial charge >= 0.3 is 0 Å². The lowest BCUT2D eigenvalue weighted by Gasteiger charge is -1.94. The van der Waals surface area contributed by atoms with E-state index in [1.54, 1.807) is 6.08 Å². The molecule has 1 heteroatoms. The molecular formula is C9H12O. The van der Waals surface area contributed by atoms with Gasteiger partial charge in [-0.15, -0.1) is 0 Å². The van der Waals surface area contributed by atoms with Gasteiger partial charge in [-0.25, -0.2) is 0 Å². The van der Waals surface area contributed by atoms with E-state index in [0.29, 0.717) is 0 Å². The Morgan fingerprint density at radius 3 is 3.00 bits per heavy atom. The summed E-state index contributed by atoms with van der Waals surface area (Å²) in [6.07, 6.45) is 8.57. The number of carbonyl (C=O) groups excluding carboxylic acids is 1. The van der Waals surface area contributed by atoms with E-state index in [-0.39, 0.29) is 5.78 Å². The summed E-state index contributed by atoms with van der Waals surface area (Å²) in [6.45, 7) is 2.02. The van der Waals surface area contributed by atoms with E-state index in [0.717, 1.165) is 24.8 Å². The molecule has 0 N–H and O–H groups in total. The van der Waals surface area contributed by atoms with Crippen molar-refractivity contribution in [2.45, 2.75) is 26.2 Å². The Hall–Kier alpha value is -0.850. The molecule has 0 saturated heterocycles. The molecule has 1 rings (SSSR count). The van der Waals surface area contributed by atoms with Gasteiger partial charge in [-0.3, -0.25) is 4.79 Å². The average Bonchev–Trinajstić information content (AvgIpc) is 2.13. The third-order valence-electron chi connectivity index (χ3n) is 1.69. The van der Waals surface area contributed by atoms with Crippen LogP contribution in [0.3, 0.4) is 0 Å². The summed E-state index contributed by atoms with van der Waals surface area (Å²) in [6, 6.07) is 0. The van der Waals surface area contributed by atoms with Gasteiger partial charge < -0.3 is 0 Å². The van der Waals surface area contributed by atoms with Crippen LogP contribution in [0.2, 0.25) is 0 Å². The third-order valence-corrected chi connectivity index (χ3v) is 1.69. The molecule has 0 aliphatic heterocycles. The summed E-state index contributed by atoms with van der Waals surface area (Å²) < 4.78 is 0. The van der Waals surface area contributed by atoms with Crippen molar-refractivity contribution in [2.75, 3.05) is 0 Å². The van der Waals surface area contributed by atoms with E-state index in [9.17, 15) is 4.79 Å². The number of ketones is 1. The zero-order valence-electron chi connectivity index (χ0n) is 6.26. The molecule has 0 saturated carbocycles. The molecule has 0 heterocycles. The maximum absolute atomic E-state index is 11.1. The minimum Gasteiger partial charge on any atom is -0.290 e. The summed E-state index contributed by atoms with van der Waals surface area (Å²) in [7, 11) is 0. The second-order valence-corrected chi connectivity index (χ2v) is 2.43. The highest BCUT2D eigenvalue weighted by Gasteiger charge is 2.04. The minimum atomic E-state index is 0.194. The minimum absolute atomic E-state index is 0.194. The standard InChI is InChI=1S/C9H12O/c1-2-8-6-4-3-5-7-9(8)10/h5-7H,2-4H2,1H3. The maximum Gasteiger partial charge on any atom is 0.181 e. The lowest BCUT2D eigenvalue weighted by atomic mass is 10.1. The molecule has 0 bridgehead atoms. The van der Waals surface area contributed by atoms with Crippen molar-refractivity contribution < 1.29 is 4.79 Å². The summed E-state index contributed by atoms with van der Waals surface area (Å²) in [5.41, 5.74) is 0.966. The van der Waals surface area contributed by atoms with Crippen LogP contribution in [0.25, 0.3) is 0 Å². The first-order valence-corrected chi connectivity index (χ1v) is 3.74. The molecule has 0 unspecified atom stereocenters. The summed E-state index contributed by atoms with van der Waals surface area (Å²) in [4.78, 5) is 11.1. The van der Waals surface area contributed by atoms with Gasteiger partial charge in [-0.1, -0.05) is 19.1 Å². The first-order valence-electron chi connectivity index (χ1n) is 3.74. The van der Waals surface area contributed by atoms with Gasteiger partial charge in [0.2, 0.25) is 0 Å². The molecule has 0 amide bonds. The topological polar surface area (TPSA) is 17.1 Å². The largest absolute Gasteiger partial charge is 0.290 e. The fraction of sp³-hybridized carbons (Fsp3) is 0.444. The van der Waals surface area contributed by atoms with Crippen molar-refractivity contribution in [1.29, 1.82) is 0 Å². The number of carbonyl (C=O) groups is 1. The Balaban J connectivity index is 2.75. The lowest BCUT2D eigenvalue weighted by Crippen LogP contribution is -1.95. The highest BCUT2D eigenvalue weighted by molar-refractivity contribution is 6.04. The van der Waals surface area contributed by atoms with E-state index in [1.807, 2.05) is 19.1 Å². The number of allylic oxidation sites excluding steroid dienone is 4. The molecule has 0 aromatic rings.